The third kappa shape index (κ3) is 2.92. The van der Waals surface area contributed by atoms with Crippen molar-refractivity contribution >= 4 is 28.9 Å². The third-order valence-electron chi connectivity index (χ3n) is 2.53. The number of anilines is 1. The van der Waals surface area contributed by atoms with Gasteiger partial charge in [0.15, 0.2) is 0 Å². The molecule has 0 amide bonds. The molecule has 0 saturated heterocycles. The van der Waals surface area contributed by atoms with Crippen LogP contribution in [0, 0.1) is 12.7 Å². The lowest BCUT2D eigenvalue weighted by atomic mass is 10.2. The molecule has 1 N–H and O–H groups in total. The maximum atomic E-state index is 13.6. The highest BCUT2D eigenvalue weighted by Crippen LogP contribution is 2.20. The van der Waals surface area contributed by atoms with E-state index in [1.165, 1.54) is 6.07 Å². The molecular weight excluding hydrogens is 274 g/mol. The largest absolute Gasteiger partial charge is 0.380 e. The first kappa shape index (κ1) is 13.1. The zero-order valence-electron chi connectivity index (χ0n) is 9.67. The van der Waals surface area contributed by atoms with E-state index in [-0.39, 0.29) is 5.02 Å². The van der Waals surface area contributed by atoms with Crippen LogP contribution in [0.2, 0.25) is 10.2 Å². The number of rotatable bonds is 3. The van der Waals surface area contributed by atoms with Crippen LogP contribution in [0.3, 0.4) is 0 Å². The number of pyridine rings is 1. The van der Waals surface area contributed by atoms with Crippen LogP contribution in [0.4, 0.5) is 10.1 Å². The first-order valence-electron chi connectivity index (χ1n) is 5.37. The molecular formula is C13H11Cl2FN2. The van der Waals surface area contributed by atoms with Crippen molar-refractivity contribution in [2.24, 2.45) is 0 Å². The summed E-state index contributed by atoms with van der Waals surface area (Å²) in [5, 5.41) is 3.67. The summed E-state index contributed by atoms with van der Waals surface area (Å²) in [5.74, 6) is -0.398. The molecule has 0 saturated carbocycles. The van der Waals surface area contributed by atoms with E-state index < -0.39 is 5.82 Å². The number of hydrogen-bond donors (Lipinski definition) is 1. The molecule has 2 rings (SSSR count). The second-order valence-corrected chi connectivity index (χ2v) is 4.66. The Bertz CT molecular complexity index is 573. The van der Waals surface area contributed by atoms with Crippen LogP contribution in [-0.2, 0) is 6.54 Å². The number of nitrogens with zero attached hydrogens (tertiary/aromatic N) is 1. The van der Waals surface area contributed by atoms with Crippen molar-refractivity contribution in [3.05, 3.63) is 57.6 Å². The molecule has 1 heterocycles. The van der Waals surface area contributed by atoms with Gasteiger partial charge in [0.2, 0.25) is 0 Å². The van der Waals surface area contributed by atoms with Gasteiger partial charge in [-0.2, -0.15) is 0 Å². The van der Waals surface area contributed by atoms with Gasteiger partial charge in [0.05, 0.1) is 16.9 Å². The summed E-state index contributed by atoms with van der Waals surface area (Å²) in [6.45, 7) is 2.20. The van der Waals surface area contributed by atoms with Crippen molar-refractivity contribution in [3.8, 4) is 0 Å². The zero-order chi connectivity index (χ0) is 13.1. The van der Waals surface area contributed by atoms with Gasteiger partial charge in [-0.25, -0.2) is 9.37 Å². The highest BCUT2D eigenvalue weighted by Gasteiger charge is 2.06. The van der Waals surface area contributed by atoms with Gasteiger partial charge in [-0.05, 0) is 24.6 Å². The predicted molar refractivity (Wildman–Crippen MR) is 72.7 cm³/mol. The molecule has 0 spiro atoms. The fraction of sp³-hybridized carbons (Fsp3) is 0.154. The van der Waals surface area contributed by atoms with Crippen LogP contribution in [-0.4, -0.2) is 4.98 Å². The molecule has 0 aliphatic rings. The second kappa shape index (κ2) is 5.55. The Morgan fingerprint density at radius 1 is 1.33 bits per heavy atom. The summed E-state index contributed by atoms with van der Waals surface area (Å²) in [4.78, 5) is 4.01. The Labute approximate surface area is 115 Å². The lowest BCUT2D eigenvalue weighted by Gasteiger charge is -2.09. The van der Waals surface area contributed by atoms with E-state index in [1.54, 1.807) is 18.3 Å². The monoisotopic (exact) mass is 284 g/mol. The van der Waals surface area contributed by atoms with Gasteiger partial charge in [-0.3, -0.25) is 0 Å². The van der Waals surface area contributed by atoms with Crippen molar-refractivity contribution < 1.29 is 4.39 Å². The standard InChI is InChI=1S/C13H11Cl2FN2/c1-8-5-10(7-18-13(8)15)17-6-9-3-2-4-11(14)12(9)16/h2-5,7,17H,6H2,1H3. The van der Waals surface area contributed by atoms with Gasteiger partial charge in [-0.15, -0.1) is 0 Å². The molecule has 1 aromatic carbocycles. The first-order valence-corrected chi connectivity index (χ1v) is 6.12. The average Bonchev–Trinajstić information content (AvgIpc) is 2.35. The number of halogens is 3. The summed E-state index contributed by atoms with van der Waals surface area (Å²) in [6.07, 6.45) is 1.61. The third-order valence-corrected chi connectivity index (χ3v) is 3.22. The lowest BCUT2D eigenvalue weighted by Crippen LogP contribution is -2.02. The molecule has 0 fully saturated rings. The molecule has 0 aliphatic carbocycles. The number of aryl methyl sites for hydroxylation is 1. The van der Waals surface area contributed by atoms with Crippen LogP contribution >= 0.6 is 23.2 Å². The Morgan fingerprint density at radius 3 is 2.83 bits per heavy atom. The van der Waals surface area contributed by atoms with E-state index in [4.69, 9.17) is 23.2 Å². The Balaban J connectivity index is 2.11. The van der Waals surface area contributed by atoms with Crippen molar-refractivity contribution in [2.75, 3.05) is 5.32 Å². The molecule has 0 unspecified atom stereocenters. The number of benzene rings is 1. The van der Waals surface area contributed by atoms with E-state index in [0.717, 1.165) is 11.3 Å². The number of hydrogen-bond acceptors (Lipinski definition) is 2. The van der Waals surface area contributed by atoms with Crippen molar-refractivity contribution in [1.29, 1.82) is 0 Å². The van der Waals surface area contributed by atoms with Crippen molar-refractivity contribution in [2.45, 2.75) is 13.5 Å². The maximum absolute atomic E-state index is 13.6. The first-order chi connectivity index (χ1) is 8.58. The van der Waals surface area contributed by atoms with Crippen molar-refractivity contribution in [3.63, 3.8) is 0 Å². The highest BCUT2D eigenvalue weighted by molar-refractivity contribution is 6.30. The number of aromatic nitrogens is 1. The maximum Gasteiger partial charge on any atom is 0.146 e. The number of nitrogens with one attached hydrogen (secondary N) is 1. The van der Waals surface area contributed by atoms with Crippen LogP contribution in [0.1, 0.15) is 11.1 Å². The molecule has 0 radical (unpaired) electrons. The molecule has 2 aromatic rings. The molecule has 0 atom stereocenters. The molecule has 5 heteroatoms. The van der Waals surface area contributed by atoms with E-state index in [1.807, 2.05) is 13.0 Å². The Kier molecular flexibility index (Phi) is 4.04. The topological polar surface area (TPSA) is 24.9 Å². The lowest BCUT2D eigenvalue weighted by molar-refractivity contribution is 0.613. The fourth-order valence-corrected chi connectivity index (χ4v) is 1.83. The van der Waals surface area contributed by atoms with Crippen LogP contribution in [0.15, 0.2) is 30.5 Å². The summed E-state index contributed by atoms with van der Waals surface area (Å²) in [6, 6.07) is 6.78. The van der Waals surface area contributed by atoms with Crippen LogP contribution in [0.5, 0.6) is 0 Å². The molecule has 1 aromatic heterocycles. The molecule has 2 nitrogen and oxygen atoms in total. The smallest absolute Gasteiger partial charge is 0.146 e. The van der Waals surface area contributed by atoms with Crippen LogP contribution < -0.4 is 5.32 Å². The Morgan fingerprint density at radius 2 is 2.11 bits per heavy atom. The summed E-state index contributed by atoms with van der Waals surface area (Å²) in [5.41, 5.74) is 2.17. The van der Waals surface area contributed by atoms with Gasteiger partial charge in [0, 0.05) is 12.1 Å². The van der Waals surface area contributed by atoms with E-state index in [2.05, 4.69) is 10.3 Å². The molecule has 0 aliphatic heterocycles. The van der Waals surface area contributed by atoms with E-state index in [0.29, 0.717) is 17.3 Å². The molecule has 18 heavy (non-hydrogen) atoms. The van der Waals surface area contributed by atoms with Gasteiger partial charge < -0.3 is 5.32 Å². The Hall–Kier alpha value is -1.32. The predicted octanol–water partition coefficient (Wildman–Crippen LogP) is 4.45. The minimum absolute atomic E-state index is 0.125. The summed E-state index contributed by atoms with van der Waals surface area (Å²) in [7, 11) is 0. The van der Waals surface area contributed by atoms with Crippen LogP contribution in [0.25, 0.3) is 0 Å². The highest BCUT2D eigenvalue weighted by atomic mass is 35.5. The van der Waals surface area contributed by atoms with Gasteiger partial charge >= 0.3 is 0 Å². The minimum Gasteiger partial charge on any atom is -0.380 e. The second-order valence-electron chi connectivity index (χ2n) is 3.90. The van der Waals surface area contributed by atoms with E-state index >= 15 is 0 Å². The summed E-state index contributed by atoms with van der Waals surface area (Å²) >= 11 is 11.5. The SMILES string of the molecule is Cc1cc(NCc2cccc(Cl)c2F)cnc1Cl. The fourth-order valence-electron chi connectivity index (χ4n) is 1.54. The van der Waals surface area contributed by atoms with Gasteiger partial charge in [0.1, 0.15) is 11.0 Å². The van der Waals surface area contributed by atoms with E-state index in [9.17, 15) is 4.39 Å². The minimum atomic E-state index is -0.398. The zero-order valence-corrected chi connectivity index (χ0v) is 11.2. The summed E-state index contributed by atoms with van der Waals surface area (Å²) < 4.78 is 13.6. The normalized spacial score (nSPS) is 10.4. The molecule has 94 valence electrons. The van der Waals surface area contributed by atoms with Crippen molar-refractivity contribution in [1.82, 2.24) is 4.98 Å². The van der Waals surface area contributed by atoms with Gasteiger partial charge in [-0.1, -0.05) is 35.3 Å². The van der Waals surface area contributed by atoms with Gasteiger partial charge in [0.25, 0.3) is 0 Å². The quantitative estimate of drug-likeness (QED) is 0.843. The average molecular weight is 285 g/mol. The molecule has 0 bridgehead atoms.